The normalized spacial score (nSPS) is 15.8. The van der Waals surface area contributed by atoms with Crippen LogP contribution in [0.2, 0.25) is 0 Å². The van der Waals surface area contributed by atoms with E-state index in [1.165, 1.54) is 5.01 Å². The number of hydrogen-bond acceptors (Lipinski definition) is 4. The van der Waals surface area contributed by atoms with Gasteiger partial charge in [-0.15, -0.1) is 0 Å². The Bertz CT molecular complexity index is 740. The summed E-state index contributed by atoms with van der Waals surface area (Å²) in [5.74, 6) is -0.356. The Balaban J connectivity index is 1.68. The third-order valence-electron chi connectivity index (χ3n) is 3.69. The molecule has 0 spiro atoms. The van der Waals surface area contributed by atoms with Crippen molar-refractivity contribution in [2.75, 3.05) is 5.01 Å². The molecule has 3 rings (SSSR count). The maximum atomic E-state index is 12.4. The lowest BCUT2D eigenvalue weighted by molar-refractivity contribution is -0.119. The average Bonchev–Trinajstić information content (AvgIpc) is 3.08. The molecule has 0 saturated carbocycles. The van der Waals surface area contributed by atoms with Crippen LogP contribution in [0.5, 0.6) is 0 Å². The van der Waals surface area contributed by atoms with Gasteiger partial charge >= 0.3 is 0 Å². The van der Waals surface area contributed by atoms with E-state index in [-0.39, 0.29) is 24.3 Å². The topological polar surface area (TPSA) is 79.6 Å². The van der Waals surface area contributed by atoms with Crippen molar-refractivity contribution in [3.63, 3.8) is 0 Å². The Morgan fingerprint density at radius 3 is 2.75 bits per heavy atom. The smallest absolute Gasteiger partial charge is 0.267 e. The summed E-state index contributed by atoms with van der Waals surface area (Å²) >= 11 is 0. The largest absolute Gasteiger partial charge is 0.347 e. The monoisotopic (exact) mass is 325 g/mol. The van der Waals surface area contributed by atoms with Crippen molar-refractivity contribution < 1.29 is 9.59 Å². The lowest BCUT2D eigenvalue weighted by Gasteiger charge is -2.24. The average molecular weight is 325 g/mol. The van der Waals surface area contributed by atoms with E-state index in [0.717, 1.165) is 0 Å². The van der Waals surface area contributed by atoms with Gasteiger partial charge in [-0.25, -0.2) is 5.01 Å². The Hall–Kier alpha value is -2.96. The molecule has 0 bridgehead atoms. The number of benzene rings is 1. The van der Waals surface area contributed by atoms with Crippen LogP contribution in [0.3, 0.4) is 0 Å². The van der Waals surface area contributed by atoms with Crippen LogP contribution in [0.4, 0.5) is 5.69 Å². The molecule has 1 aromatic carbocycles. The van der Waals surface area contributed by atoms with Crippen molar-refractivity contribution in [1.29, 1.82) is 0 Å². The summed E-state index contributed by atoms with van der Waals surface area (Å²) in [7, 11) is 0. The number of carbonyl (C=O) groups excluding carboxylic acids is 2. The van der Waals surface area contributed by atoms with Crippen LogP contribution < -0.4 is 10.3 Å². The van der Waals surface area contributed by atoms with E-state index >= 15 is 0 Å². The van der Waals surface area contributed by atoms with Gasteiger partial charge in [0.1, 0.15) is 5.71 Å². The molecule has 1 N–H and O–H groups in total. The van der Waals surface area contributed by atoms with Crippen molar-refractivity contribution in [3.8, 4) is 0 Å². The number of para-hydroxylation sites is 1. The zero-order valence-corrected chi connectivity index (χ0v) is 13.4. The predicted octanol–water partition coefficient (Wildman–Crippen LogP) is 1.57. The minimum atomic E-state index is -0.247. The van der Waals surface area contributed by atoms with Crippen LogP contribution in [0.1, 0.15) is 19.8 Å². The summed E-state index contributed by atoms with van der Waals surface area (Å²) in [6, 6.07) is 10.9. The number of amides is 2. The third-order valence-corrected chi connectivity index (χ3v) is 3.69. The van der Waals surface area contributed by atoms with Crippen molar-refractivity contribution >= 4 is 23.2 Å². The van der Waals surface area contributed by atoms with E-state index in [0.29, 0.717) is 24.4 Å². The molecule has 7 nitrogen and oxygen atoms in total. The highest BCUT2D eigenvalue weighted by Crippen LogP contribution is 2.19. The second-order valence-electron chi connectivity index (χ2n) is 5.69. The van der Waals surface area contributed by atoms with E-state index in [4.69, 9.17) is 0 Å². The number of rotatable bonds is 5. The number of hydrogen-bond donors (Lipinski definition) is 1. The highest BCUT2D eigenvalue weighted by molar-refractivity contribution is 6.40. The first kappa shape index (κ1) is 15.9. The summed E-state index contributed by atoms with van der Waals surface area (Å²) in [5, 5.41) is 12.6. The molecule has 2 amide bonds. The maximum Gasteiger partial charge on any atom is 0.267 e. The van der Waals surface area contributed by atoms with Gasteiger partial charge in [-0.1, -0.05) is 18.2 Å². The molecular formula is C17H19N5O2. The minimum Gasteiger partial charge on any atom is -0.347 e. The molecule has 1 atom stereocenters. The lowest BCUT2D eigenvalue weighted by Crippen LogP contribution is -2.43. The number of nitrogens with zero attached hydrogens (tertiary/aromatic N) is 4. The van der Waals surface area contributed by atoms with Crippen LogP contribution in [-0.4, -0.2) is 33.3 Å². The maximum absolute atomic E-state index is 12.4. The molecule has 124 valence electrons. The lowest BCUT2D eigenvalue weighted by atomic mass is 10.1. The van der Waals surface area contributed by atoms with Gasteiger partial charge in [0, 0.05) is 31.3 Å². The Labute approximate surface area is 140 Å². The first-order valence-corrected chi connectivity index (χ1v) is 7.87. The molecule has 1 aliphatic heterocycles. The van der Waals surface area contributed by atoms with E-state index in [2.05, 4.69) is 15.5 Å². The molecule has 1 unspecified atom stereocenters. The number of nitrogens with one attached hydrogen (secondary N) is 1. The molecule has 0 fully saturated rings. The van der Waals surface area contributed by atoms with Crippen molar-refractivity contribution in [2.24, 2.45) is 5.10 Å². The van der Waals surface area contributed by atoms with Gasteiger partial charge < -0.3 is 5.32 Å². The fourth-order valence-electron chi connectivity index (χ4n) is 2.53. The second-order valence-corrected chi connectivity index (χ2v) is 5.69. The fraction of sp³-hybridized carbons (Fsp3) is 0.294. The zero-order chi connectivity index (χ0) is 16.9. The summed E-state index contributed by atoms with van der Waals surface area (Å²) in [6.45, 7) is 2.48. The van der Waals surface area contributed by atoms with Gasteiger partial charge in [0.25, 0.3) is 5.91 Å². The van der Waals surface area contributed by atoms with Gasteiger partial charge in [0.15, 0.2) is 0 Å². The van der Waals surface area contributed by atoms with Crippen LogP contribution in [0, 0.1) is 0 Å². The highest BCUT2D eigenvalue weighted by Gasteiger charge is 2.26. The molecule has 7 heteroatoms. The highest BCUT2D eigenvalue weighted by atomic mass is 16.2. The van der Waals surface area contributed by atoms with Crippen LogP contribution in [0.15, 0.2) is 53.9 Å². The van der Waals surface area contributed by atoms with Crippen molar-refractivity contribution in [1.82, 2.24) is 15.1 Å². The Kier molecular flexibility index (Phi) is 4.69. The number of aromatic nitrogens is 2. The SMILES string of the molecule is CC(Cn1cccn1)NC(=O)C1=NN(c2ccccc2)C(=O)CC1. The molecule has 1 aliphatic rings. The number of hydrazone groups is 1. The van der Waals surface area contributed by atoms with Gasteiger partial charge in [-0.2, -0.15) is 10.2 Å². The van der Waals surface area contributed by atoms with E-state index in [1.807, 2.05) is 37.4 Å². The van der Waals surface area contributed by atoms with Crippen molar-refractivity contribution in [2.45, 2.75) is 32.4 Å². The van der Waals surface area contributed by atoms with Crippen LogP contribution >= 0.6 is 0 Å². The van der Waals surface area contributed by atoms with Crippen LogP contribution in [0.25, 0.3) is 0 Å². The van der Waals surface area contributed by atoms with Gasteiger partial charge in [-0.05, 0) is 25.1 Å². The first-order valence-electron chi connectivity index (χ1n) is 7.87. The second kappa shape index (κ2) is 7.08. The summed E-state index contributed by atoms with van der Waals surface area (Å²) in [5.41, 5.74) is 1.03. The van der Waals surface area contributed by atoms with E-state index < -0.39 is 0 Å². The molecule has 1 aromatic heterocycles. The number of anilines is 1. The molecule has 2 aromatic rings. The molecule has 0 radical (unpaired) electrons. The predicted molar refractivity (Wildman–Crippen MR) is 90.4 cm³/mol. The standard InChI is InChI=1S/C17H19N5O2/c1-13(12-21-11-5-10-18-21)19-17(24)15-8-9-16(23)22(20-15)14-6-3-2-4-7-14/h2-7,10-11,13H,8-9,12H2,1H3,(H,19,24). The quantitative estimate of drug-likeness (QED) is 0.906. The van der Waals surface area contributed by atoms with Gasteiger partial charge in [-0.3, -0.25) is 14.3 Å². The third kappa shape index (κ3) is 3.68. The Morgan fingerprint density at radius 1 is 1.25 bits per heavy atom. The van der Waals surface area contributed by atoms with Gasteiger partial charge in [0.05, 0.1) is 12.2 Å². The summed E-state index contributed by atoms with van der Waals surface area (Å²) in [6.07, 6.45) is 4.16. The first-order chi connectivity index (χ1) is 11.6. The number of carbonyl (C=O) groups is 2. The summed E-state index contributed by atoms with van der Waals surface area (Å²) < 4.78 is 1.76. The van der Waals surface area contributed by atoms with Gasteiger partial charge in [0.2, 0.25) is 5.91 Å². The minimum absolute atomic E-state index is 0.0945. The zero-order valence-electron chi connectivity index (χ0n) is 13.4. The Morgan fingerprint density at radius 2 is 2.04 bits per heavy atom. The van der Waals surface area contributed by atoms with E-state index in [9.17, 15) is 9.59 Å². The van der Waals surface area contributed by atoms with E-state index in [1.54, 1.807) is 23.0 Å². The summed E-state index contributed by atoms with van der Waals surface area (Å²) in [4.78, 5) is 24.5. The van der Waals surface area contributed by atoms with Crippen molar-refractivity contribution in [3.05, 3.63) is 48.8 Å². The molecule has 0 saturated heterocycles. The molecule has 0 aliphatic carbocycles. The molecule has 24 heavy (non-hydrogen) atoms. The molecule has 2 heterocycles. The fourth-order valence-corrected chi connectivity index (χ4v) is 2.53. The molecular weight excluding hydrogens is 306 g/mol. The van der Waals surface area contributed by atoms with Crippen LogP contribution in [-0.2, 0) is 16.1 Å².